The summed E-state index contributed by atoms with van der Waals surface area (Å²) in [5, 5.41) is 3.91. The van der Waals surface area contributed by atoms with Crippen LogP contribution in [0.4, 0.5) is 0 Å². The number of rotatable bonds is 4. The molecule has 1 N–H and O–H groups in total. The third-order valence-corrected chi connectivity index (χ3v) is 4.64. The summed E-state index contributed by atoms with van der Waals surface area (Å²) in [6.45, 7) is 11.6. The molecule has 1 saturated carbocycles. The van der Waals surface area contributed by atoms with Crippen LogP contribution in [0.2, 0.25) is 0 Å². The Kier molecular flexibility index (Phi) is 4.35. The van der Waals surface area contributed by atoms with Crippen LogP contribution in [-0.4, -0.2) is 6.04 Å². The molecule has 1 nitrogen and oxygen atoms in total. The number of aryl methyl sites for hydroxylation is 1. The van der Waals surface area contributed by atoms with E-state index in [9.17, 15) is 0 Å². The molecule has 19 heavy (non-hydrogen) atoms. The maximum Gasteiger partial charge on any atom is 0.0320 e. The van der Waals surface area contributed by atoms with E-state index in [1.165, 1.54) is 24.0 Å². The van der Waals surface area contributed by atoms with Gasteiger partial charge in [-0.25, -0.2) is 0 Å². The van der Waals surface area contributed by atoms with Gasteiger partial charge in [0.1, 0.15) is 0 Å². The highest BCUT2D eigenvalue weighted by molar-refractivity contribution is 5.24. The Labute approximate surface area is 118 Å². The zero-order valence-corrected chi connectivity index (χ0v) is 13.2. The molecular weight excluding hydrogens is 230 g/mol. The fourth-order valence-electron chi connectivity index (χ4n) is 3.62. The van der Waals surface area contributed by atoms with E-state index in [-0.39, 0.29) is 0 Å². The van der Waals surface area contributed by atoms with Crippen molar-refractivity contribution < 1.29 is 0 Å². The summed E-state index contributed by atoms with van der Waals surface area (Å²) in [6, 6.07) is 10.2. The van der Waals surface area contributed by atoms with Crippen LogP contribution in [-0.2, 0) is 0 Å². The highest BCUT2D eigenvalue weighted by Gasteiger charge is 2.37. The summed E-state index contributed by atoms with van der Waals surface area (Å²) in [5.41, 5.74) is 3.28. The minimum absolute atomic E-state index is 0.502. The predicted octanol–water partition coefficient (Wildman–Crippen LogP) is 4.86. The summed E-state index contributed by atoms with van der Waals surface area (Å²) in [4.78, 5) is 0. The van der Waals surface area contributed by atoms with E-state index in [2.05, 4.69) is 64.2 Å². The maximum absolute atomic E-state index is 3.91. The van der Waals surface area contributed by atoms with Gasteiger partial charge in [-0.05, 0) is 43.1 Å². The Balaban J connectivity index is 2.05. The first-order chi connectivity index (χ1) is 8.91. The fourth-order valence-corrected chi connectivity index (χ4v) is 3.62. The summed E-state index contributed by atoms with van der Waals surface area (Å²) >= 11 is 0. The number of nitrogens with one attached hydrogen (secondary N) is 1. The van der Waals surface area contributed by atoms with Gasteiger partial charge in [0.15, 0.2) is 0 Å². The van der Waals surface area contributed by atoms with Crippen molar-refractivity contribution in [3.8, 4) is 0 Å². The molecule has 1 fully saturated rings. The number of hydrogen-bond donors (Lipinski definition) is 1. The van der Waals surface area contributed by atoms with Gasteiger partial charge in [-0.2, -0.15) is 0 Å². The first-order valence-electron chi connectivity index (χ1n) is 7.74. The zero-order chi connectivity index (χ0) is 14.0. The Morgan fingerprint density at radius 3 is 2.32 bits per heavy atom. The lowest BCUT2D eigenvalue weighted by atomic mass is 9.91. The van der Waals surface area contributed by atoms with E-state index in [1.807, 2.05) is 0 Å². The number of benzene rings is 1. The second-order valence-electron chi connectivity index (χ2n) is 7.19. The molecule has 1 aromatic carbocycles. The van der Waals surface area contributed by atoms with Crippen LogP contribution in [0.1, 0.15) is 64.1 Å². The first kappa shape index (κ1) is 14.6. The first-order valence-corrected chi connectivity index (χ1v) is 7.74. The van der Waals surface area contributed by atoms with Gasteiger partial charge in [0.25, 0.3) is 0 Å². The maximum atomic E-state index is 3.91. The van der Waals surface area contributed by atoms with E-state index in [0.717, 1.165) is 12.3 Å². The van der Waals surface area contributed by atoms with Gasteiger partial charge in [0, 0.05) is 12.1 Å². The molecule has 0 aromatic heterocycles. The molecule has 0 heterocycles. The van der Waals surface area contributed by atoms with Crippen molar-refractivity contribution in [1.82, 2.24) is 5.32 Å². The largest absolute Gasteiger partial charge is 0.307 e. The minimum atomic E-state index is 0.502. The third kappa shape index (κ3) is 3.60. The highest BCUT2D eigenvalue weighted by Crippen LogP contribution is 2.41. The van der Waals surface area contributed by atoms with E-state index < -0.39 is 0 Å². The van der Waals surface area contributed by atoms with Crippen molar-refractivity contribution >= 4 is 0 Å². The van der Waals surface area contributed by atoms with Gasteiger partial charge in [-0.1, -0.05) is 57.5 Å². The summed E-state index contributed by atoms with van der Waals surface area (Å²) in [7, 11) is 0. The van der Waals surface area contributed by atoms with E-state index in [0.29, 0.717) is 17.5 Å². The molecule has 1 heteroatoms. The van der Waals surface area contributed by atoms with E-state index in [4.69, 9.17) is 0 Å². The molecular formula is C18H29N. The average Bonchev–Trinajstić information content (AvgIpc) is 2.60. The van der Waals surface area contributed by atoms with Crippen molar-refractivity contribution in [2.75, 3.05) is 0 Å². The predicted molar refractivity (Wildman–Crippen MR) is 83.3 cm³/mol. The summed E-state index contributed by atoms with van der Waals surface area (Å²) in [5.74, 6) is 0.787. The molecule has 1 aromatic rings. The van der Waals surface area contributed by atoms with E-state index >= 15 is 0 Å². The molecule has 3 atom stereocenters. The van der Waals surface area contributed by atoms with E-state index in [1.54, 1.807) is 0 Å². The van der Waals surface area contributed by atoms with Crippen molar-refractivity contribution in [3.05, 3.63) is 35.4 Å². The Bertz CT molecular complexity index is 404. The Morgan fingerprint density at radius 2 is 1.84 bits per heavy atom. The van der Waals surface area contributed by atoms with Crippen molar-refractivity contribution in [1.29, 1.82) is 0 Å². The van der Waals surface area contributed by atoms with Crippen LogP contribution in [0.3, 0.4) is 0 Å². The van der Waals surface area contributed by atoms with Gasteiger partial charge in [0.05, 0.1) is 0 Å². The topological polar surface area (TPSA) is 12.0 Å². The minimum Gasteiger partial charge on any atom is -0.307 e. The molecule has 0 radical (unpaired) electrons. The standard InChI is InChI=1S/C18H29N/c1-6-16(15-9-7-13(2)8-10-15)19-17-12-18(4,5)11-14(17)3/h7-10,14,16-17,19H,6,11-12H2,1-5H3. The lowest BCUT2D eigenvalue weighted by molar-refractivity contribution is 0.349. The highest BCUT2D eigenvalue weighted by atomic mass is 15.0. The van der Waals surface area contributed by atoms with Gasteiger partial charge >= 0.3 is 0 Å². The molecule has 0 amide bonds. The molecule has 2 rings (SSSR count). The van der Waals surface area contributed by atoms with Crippen LogP contribution in [0.15, 0.2) is 24.3 Å². The lowest BCUT2D eigenvalue weighted by Crippen LogP contribution is -2.34. The molecule has 106 valence electrons. The average molecular weight is 259 g/mol. The zero-order valence-electron chi connectivity index (χ0n) is 13.2. The summed E-state index contributed by atoms with van der Waals surface area (Å²) in [6.07, 6.45) is 3.80. The van der Waals surface area contributed by atoms with Crippen molar-refractivity contribution in [2.45, 2.75) is 66.0 Å². The molecule has 0 bridgehead atoms. The fraction of sp³-hybridized carbons (Fsp3) is 0.667. The SMILES string of the molecule is CCC(NC1CC(C)(C)CC1C)c1ccc(C)cc1. The third-order valence-electron chi connectivity index (χ3n) is 4.64. The summed E-state index contributed by atoms with van der Waals surface area (Å²) < 4.78 is 0. The molecule has 0 aliphatic heterocycles. The van der Waals surface area contributed by atoms with Gasteiger partial charge in [-0.3, -0.25) is 0 Å². The van der Waals surface area contributed by atoms with Gasteiger partial charge in [0.2, 0.25) is 0 Å². The second kappa shape index (κ2) is 5.66. The van der Waals surface area contributed by atoms with Gasteiger partial charge in [-0.15, -0.1) is 0 Å². The second-order valence-corrected chi connectivity index (χ2v) is 7.19. The molecule has 0 saturated heterocycles. The molecule has 1 aliphatic carbocycles. The molecule has 0 spiro atoms. The quantitative estimate of drug-likeness (QED) is 0.814. The van der Waals surface area contributed by atoms with Crippen LogP contribution in [0.25, 0.3) is 0 Å². The van der Waals surface area contributed by atoms with Crippen molar-refractivity contribution in [3.63, 3.8) is 0 Å². The van der Waals surface area contributed by atoms with Crippen LogP contribution in [0, 0.1) is 18.3 Å². The Morgan fingerprint density at radius 1 is 1.21 bits per heavy atom. The van der Waals surface area contributed by atoms with Crippen LogP contribution >= 0.6 is 0 Å². The van der Waals surface area contributed by atoms with Crippen molar-refractivity contribution in [2.24, 2.45) is 11.3 Å². The molecule has 3 unspecified atom stereocenters. The van der Waals surface area contributed by atoms with Crippen LogP contribution in [0.5, 0.6) is 0 Å². The normalized spacial score (nSPS) is 27.4. The molecule has 1 aliphatic rings. The number of hydrogen-bond acceptors (Lipinski definition) is 1. The monoisotopic (exact) mass is 259 g/mol. The van der Waals surface area contributed by atoms with Crippen LogP contribution < -0.4 is 5.32 Å². The smallest absolute Gasteiger partial charge is 0.0320 e. The lowest BCUT2D eigenvalue weighted by Gasteiger charge is -2.26. The Hall–Kier alpha value is -0.820. The van der Waals surface area contributed by atoms with Gasteiger partial charge < -0.3 is 5.32 Å².